The highest BCUT2D eigenvalue weighted by atomic mass is 31.2. The topological polar surface area (TPSA) is 195 Å². The van der Waals surface area contributed by atoms with E-state index in [9.17, 15) is 28.6 Å². The minimum absolute atomic E-state index is 0.0710. The summed E-state index contributed by atoms with van der Waals surface area (Å²) in [5.74, 6) is -1.93. The fraction of sp³-hybridized carbons (Fsp3) is 0.793. The molecule has 0 bridgehead atoms. The number of rotatable bonds is 29. The van der Waals surface area contributed by atoms with Gasteiger partial charge in [0.2, 0.25) is 17.7 Å². The summed E-state index contributed by atoms with van der Waals surface area (Å²) in [4.78, 5) is 55.6. The summed E-state index contributed by atoms with van der Waals surface area (Å²) < 4.78 is 26.6. The Morgan fingerprint density at radius 3 is 1.86 bits per heavy atom. The number of nitrogens with two attached hydrogens (primary N) is 1. The molecule has 13 nitrogen and oxygen atoms in total. The van der Waals surface area contributed by atoms with Crippen LogP contribution in [-0.4, -0.2) is 74.6 Å². The third-order valence-corrected chi connectivity index (χ3v) is 7.22. The van der Waals surface area contributed by atoms with Crippen molar-refractivity contribution in [1.29, 1.82) is 0 Å². The number of ether oxygens (including phenoxy) is 1. The second-order valence-corrected chi connectivity index (χ2v) is 11.6. The summed E-state index contributed by atoms with van der Waals surface area (Å²) in [6.45, 7) is 0.857. The highest BCUT2D eigenvalue weighted by Crippen LogP contribution is 2.42. The predicted molar refractivity (Wildman–Crippen MR) is 165 cm³/mol. The van der Waals surface area contributed by atoms with Gasteiger partial charge in [0, 0.05) is 19.4 Å². The smallest absolute Gasteiger partial charge is 0.466 e. The quantitative estimate of drug-likeness (QED) is 0.0352. The lowest BCUT2D eigenvalue weighted by atomic mass is 10.1. The van der Waals surface area contributed by atoms with Crippen LogP contribution in [-0.2, 0) is 37.5 Å². The maximum absolute atomic E-state index is 11.9. The minimum atomic E-state index is -4.33. The van der Waals surface area contributed by atoms with E-state index < -0.39 is 25.5 Å². The van der Waals surface area contributed by atoms with Crippen LogP contribution in [0, 0.1) is 0 Å². The molecule has 6 N–H and O–H groups in total. The molecule has 43 heavy (non-hydrogen) atoms. The molecule has 0 rings (SSSR count). The normalized spacial score (nSPS) is 12.5. The monoisotopic (exact) mass is 634 g/mol. The van der Waals surface area contributed by atoms with Gasteiger partial charge in [0.15, 0.2) is 0 Å². The Hall–Kier alpha value is -2.31. The Balaban J connectivity index is 3.60. The number of carbonyl (C=O) groups excluding carboxylic acids is 4. The van der Waals surface area contributed by atoms with Gasteiger partial charge < -0.3 is 31.3 Å². The third-order valence-electron chi connectivity index (χ3n) is 6.21. The molecule has 0 aromatic carbocycles. The van der Waals surface area contributed by atoms with Crippen LogP contribution in [0.2, 0.25) is 0 Å². The fourth-order valence-electron chi connectivity index (χ4n) is 3.78. The van der Waals surface area contributed by atoms with E-state index in [1.807, 2.05) is 0 Å². The van der Waals surface area contributed by atoms with Crippen LogP contribution in [0.3, 0.4) is 0 Å². The van der Waals surface area contributed by atoms with E-state index in [2.05, 4.69) is 35.0 Å². The first kappa shape index (κ1) is 40.7. The number of hydrogen-bond donors (Lipinski definition) is 5. The molecule has 0 heterocycles. The molecule has 0 aromatic heterocycles. The second kappa shape index (κ2) is 28.5. The number of phosphoric acid groups is 1. The summed E-state index contributed by atoms with van der Waals surface area (Å²) in [5.41, 5.74) is 5.10. The second-order valence-electron chi connectivity index (χ2n) is 10.2. The highest BCUT2D eigenvalue weighted by molar-refractivity contribution is 7.47. The van der Waals surface area contributed by atoms with Crippen molar-refractivity contribution in [3.05, 3.63) is 12.2 Å². The van der Waals surface area contributed by atoms with E-state index in [-0.39, 0.29) is 58.4 Å². The molecule has 1 unspecified atom stereocenters. The summed E-state index contributed by atoms with van der Waals surface area (Å²) in [5, 5.41) is 6.93. The maximum atomic E-state index is 11.9. The summed E-state index contributed by atoms with van der Waals surface area (Å²) >= 11 is 0. The molecule has 0 spiro atoms. The molecule has 1 atom stereocenters. The summed E-state index contributed by atoms with van der Waals surface area (Å²) in [7, 11) is -4.33. The SMILES string of the molecule is CCCCCCCC/C=C\CCCCCCCC(=O)OCCCOP(=O)(O)OCCNC(=O)CNC(=O)CNC(=O)CN. The molecule has 0 fully saturated rings. The molecule has 0 saturated carbocycles. The molecule has 0 aliphatic rings. The predicted octanol–water partition coefficient (Wildman–Crippen LogP) is 3.40. The number of carbonyl (C=O) groups is 4. The molecular formula is C29H55N4O9P. The van der Waals surface area contributed by atoms with Crippen molar-refractivity contribution >= 4 is 31.5 Å². The van der Waals surface area contributed by atoms with E-state index in [1.165, 1.54) is 51.4 Å². The van der Waals surface area contributed by atoms with Crippen LogP contribution >= 0.6 is 7.82 Å². The largest absolute Gasteiger partial charge is 0.472 e. The number of nitrogens with one attached hydrogen (secondary N) is 3. The van der Waals surface area contributed by atoms with Crippen molar-refractivity contribution in [3.63, 3.8) is 0 Å². The molecule has 0 aromatic rings. The maximum Gasteiger partial charge on any atom is 0.472 e. The van der Waals surface area contributed by atoms with Crippen molar-refractivity contribution in [2.45, 2.75) is 103 Å². The lowest BCUT2D eigenvalue weighted by molar-refractivity contribution is -0.144. The van der Waals surface area contributed by atoms with E-state index in [0.29, 0.717) is 6.42 Å². The summed E-state index contributed by atoms with van der Waals surface area (Å²) in [6.07, 6.45) is 20.6. The van der Waals surface area contributed by atoms with E-state index >= 15 is 0 Å². The number of amides is 3. The van der Waals surface area contributed by atoms with Crippen LogP contribution in [0.15, 0.2) is 12.2 Å². The molecule has 0 saturated heterocycles. The highest BCUT2D eigenvalue weighted by Gasteiger charge is 2.20. The number of hydrogen-bond acceptors (Lipinski definition) is 9. The molecule has 250 valence electrons. The Bertz CT molecular complexity index is 843. The first-order valence-corrected chi connectivity index (χ1v) is 17.1. The average Bonchev–Trinajstić information content (AvgIpc) is 2.98. The van der Waals surface area contributed by atoms with Crippen molar-refractivity contribution < 1.29 is 42.4 Å². The van der Waals surface area contributed by atoms with Crippen LogP contribution in [0.5, 0.6) is 0 Å². The zero-order valence-corrected chi connectivity index (χ0v) is 26.8. The van der Waals surface area contributed by atoms with Gasteiger partial charge in [-0.15, -0.1) is 0 Å². The summed E-state index contributed by atoms with van der Waals surface area (Å²) in [6, 6.07) is 0. The number of esters is 1. The Labute approximate surface area is 257 Å². The zero-order valence-electron chi connectivity index (χ0n) is 25.9. The van der Waals surface area contributed by atoms with Gasteiger partial charge in [-0.3, -0.25) is 28.2 Å². The lowest BCUT2D eigenvalue weighted by Gasteiger charge is -2.13. The first-order valence-electron chi connectivity index (χ1n) is 15.6. The van der Waals surface area contributed by atoms with Crippen molar-refractivity contribution in [2.75, 3.05) is 46.0 Å². The molecule has 0 radical (unpaired) electrons. The van der Waals surface area contributed by atoms with Gasteiger partial charge in [-0.2, -0.15) is 0 Å². The number of phosphoric ester groups is 1. The minimum Gasteiger partial charge on any atom is -0.466 e. The van der Waals surface area contributed by atoms with Crippen molar-refractivity contribution in [3.8, 4) is 0 Å². The van der Waals surface area contributed by atoms with Gasteiger partial charge in [-0.05, 0) is 32.1 Å². The van der Waals surface area contributed by atoms with E-state index in [0.717, 1.165) is 32.1 Å². The zero-order chi connectivity index (χ0) is 32.0. The fourth-order valence-corrected chi connectivity index (χ4v) is 4.54. The van der Waals surface area contributed by atoms with Crippen LogP contribution in [0.1, 0.15) is 103 Å². The Morgan fingerprint density at radius 1 is 0.698 bits per heavy atom. The van der Waals surface area contributed by atoms with Gasteiger partial charge >= 0.3 is 13.8 Å². The third kappa shape index (κ3) is 29.5. The Morgan fingerprint density at radius 2 is 1.23 bits per heavy atom. The standard InChI is InChI=1S/C29H55N4O9P/c1-2-3-4-5-6-7-8-9-10-11-12-13-14-15-16-18-29(37)40-20-17-21-41-43(38,39)42-22-19-31-27(35)24-33-28(36)25-32-26(34)23-30/h9-10H,2-8,11-25,30H2,1H3,(H,31,35)(H,32,34)(H,33,36)(H,38,39)/b10-9-. The molecule has 0 aliphatic carbocycles. The van der Waals surface area contributed by atoms with Crippen LogP contribution < -0.4 is 21.7 Å². The number of unbranched alkanes of at least 4 members (excludes halogenated alkanes) is 11. The molecular weight excluding hydrogens is 579 g/mol. The van der Waals surface area contributed by atoms with Crippen LogP contribution in [0.25, 0.3) is 0 Å². The van der Waals surface area contributed by atoms with Crippen molar-refractivity contribution in [1.82, 2.24) is 16.0 Å². The number of allylic oxidation sites excluding steroid dienone is 2. The van der Waals surface area contributed by atoms with E-state index in [1.54, 1.807) is 0 Å². The van der Waals surface area contributed by atoms with Gasteiger partial charge in [-0.25, -0.2) is 4.57 Å². The molecule has 0 aliphatic heterocycles. The van der Waals surface area contributed by atoms with Gasteiger partial charge in [0.1, 0.15) is 0 Å². The first-order chi connectivity index (χ1) is 20.7. The van der Waals surface area contributed by atoms with E-state index in [4.69, 9.17) is 19.5 Å². The Kier molecular flexibility index (Phi) is 26.9. The van der Waals surface area contributed by atoms with Gasteiger partial charge in [0.05, 0.1) is 39.5 Å². The molecule has 3 amide bonds. The average molecular weight is 635 g/mol. The van der Waals surface area contributed by atoms with Crippen molar-refractivity contribution in [2.24, 2.45) is 5.73 Å². The molecule has 14 heteroatoms. The van der Waals surface area contributed by atoms with Crippen LogP contribution in [0.4, 0.5) is 0 Å². The van der Waals surface area contributed by atoms with Gasteiger partial charge in [0.25, 0.3) is 0 Å². The lowest BCUT2D eigenvalue weighted by Crippen LogP contribution is -2.43. The van der Waals surface area contributed by atoms with Gasteiger partial charge in [-0.1, -0.05) is 70.4 Å².